The van der Waals surface area contributed by atoms with E-state index >= 15 is 0 Å². The second kappa shape index (κ2) is 52.3. The molecule has 4 aliphatic rings. The van der Waals surface area contributed by atoms with Gasteiger partial charge in [0.1, 0.15) is 12.1 Å². The maximum absolute atomic E-state index is 13.5. The molecule has 4 aromatic heterocycles. The summed E-state index contributed by atoms with van der Waals surface area (Å²) in [7, 11) is 0. The van der Waals surface area contributed by atoms with E-state index in [0.29, 0.717) is 270 Å². The van der Waals surface area contributed by atoms with Gasteiger partial charge in [0, 0.05) is 196 Å². The summed E-state index contributed by atoms with van der Waals surface area (Å²) in [6.45, 7) is 12.9. The van der Waals surface area contributed by atoms with Gasteiger partial charge in [-0.3, -0.25) is 97.5 Å². The molecule has 41 heteroatoms. The lowest BCUT2D eigenvalue weighted by molar-refractivity contribution is -0.144. The molecule has 0 saturated carbocycles. The first-order valence-electron chi connectivity index (χ1n) is 41.0. The first kappa shape index (κ1) is 96.4. The number of fused-ring (bicyclic) bond motifs is 8. The molecule has 660 valence electrons. The summed E-state index contributed by atoms with van der Waals surface area (Å²) in [4.78, 5) is 141. The molecular formula is C79H120N22O16S3. The third-order valence-electron chi connectivity index (χ3n) is 21.1. The van der Waals surface area contributed by atoms with Crippen molar-refractivity contribution in [3.63, 3.8) is 0 Å². The van der Waals surface area contributed by atoms with Crippen molar-refractivity contribution < 1.29 is 79.2 Å². The van der Waals surface area contributed by atoms with Crippen molar-refractivity contribution in [3.05, 3.63) is 118 Å². The zero-order chi connectivity index (χ0) is 86.1. The average Bonchev–Trinajstić information content (AvgIpc) is 0.841. The Morgan fingerprint density at radius 3 is 0.658 bits per heavy atom. The van der Waals surface area contributed by atoms with Crippen LogP contribution in [0.1, 0.15) is 84.1 Å². The Hall–Kier alpha value is -9.05. The molecule has 0 fully saturated rings. The fraction of sp³-hybridized carbons (Fsp3) is 0.608. The third-order valence-corrected chi connectivity index (χ3v) is 21.9. The molecule has 0 aliphatic carbocycles. The van der Waals surface area contributed by atoms with Crippen molar-refractivity contribution >= 4 is 99.7 Å². The second-order valence-electron chi connectivity index (χ2n) is 30.7. The number of nitrogens with one attached hydrogen (secondary N) is 6. The van der Waals surface area contributed by atoms with Crippen LogP contribution in [0.2, 0.25) is 0 Å². The number of nitrogens with zero attached hydrogens (tertiary/aromatic N) is 16. The fourth-order valence-corrected chi connectivity index (χ4v) is 15.7. The lowest BCUT2D eigenvalue weighted by Gasteiger charge is -2.35. The number of rotatable bonds is 38. The number of thiocarbonyl (C=S) groups is 3. The maximum atomic E-state index is 13.5. The lowest BCUT2D eigenvalue weighted by atomic mass is 10.1. The molecule has 4 aromatic rings. The quantitative estimate of drug-likeness (QED) is 0.0193. The van der Waals surface area contributed by atoms with Gasteiger partial charge >= 0.3 is 47.8 Å². The van der Waals surface area contributed by atoms with Crippen LogP contribution in [-0.2, 0) is 90.7 Å². The van der Waals surface area contributed by atoms with Crippen LogP contribution >= 0.6 is 36.7 Å². The van der Waals surface area contributed by atoms with Gasteiger partial charge in [-0.2, -0.15) is 0 Å². The zero-order valence-electron chi connectivity index (χ0n) is 68.3. The van der Waals surface area contributed by atoms with Gasteiger partial charge < -0.3 is 92.4 Å². The smallest absolute Gasteiger partial charge is 0.320 e. The summed E-state index contributed by atoms with van der Waals surface area (Å²) < 4.78 is 0. The van der Waals surface area contributed by atoms with E-state index in [2.05, 4.69) is 51.5 Å². The number of aromatic nitrogens is 4. The van der Waals surface area contributed by atoms with Gasteiger partial charge in [0.2, 0.25) is 0 Å². The average molecular weight is 1730 g/mol. The molecule has 0 spiro atoms. The molecular weight excluding hydrogens is 1610 g/mol. The molecule has 0 amide bonds. The molecule has 14 N–H and O–H groups in total. The van der Waals surface area contributed by atoms with Crippen LogP contribution in [0, 0.1) is 0 Å². The van der Waals surface area contributed by atoms with Gasteiger partial charge in [-0.05, 0) is 150 Å². The van der Waals surface area contributed by atoms with Crippen LogP contribution < -0.4 is 31.9 Å². The number of hydrogen-bond donors (Lipinski definition) is 14. The molecule has 0 radical (unpaired) electrons. The normalized spacial score (nSPS) is 17.9. The molecule has 2 atom stereocenters. The van der Waals surface area contributed by atoms with E-state index in [1.165, 1.54) is 0 Å². The Morgan fingerprint density at radius 1 is 0.275 bits per heavy atom. The van der Waals surface area contributed by atoms with Gasteiger partial charge in [-0.25, -0.2) is 0 Å². The number of carboxylic acids is 8. The zero-order valence-corrected chi connectivity index (χ0v) is 70.8. The maximum Gasteiger partial charge on any atom is 0.320 e. The van der Waals surface area contributed by atoms with Crippen LogP contribution in [0.15, 0.2) is 72.8 Å². The van der Waals surface area contributed by atoms with Gasteiger partial charge in [-0.15, -0.1) is 0 Å². The fourth-order valence-electron chi connectivity index (χ4n) is 15.1. The molecule has 2 unspecified atom stereocenters. The van der Waals surface area contributed by atoms with Crippen LogP contribution in [0.3, 0.4) is 0 Å². The largest absolute Gasteiger partial charge is 0.480 e. The molecule has 8 rings (SSSR count). The van der Waals surface area contributed by atoms with Crippen molar-refractivity contribution in [2.45, 2.75) is 103 Å². The predicted molar refractivity (Wildman–Crippen MR) is 457 cm³/mol. The first-order chi connectivity index (χ1) is 57.7. The Morgan fingerprint density at radius 2 is 0.458 bits per heavy atom. The Labute approximate surface area is 716 Å². The van der Waals surface area contributed by atoms with Crippen molar-refractivity contribution in [3.8, 4) is 0 Å². The molecule has 8 bridgehead atoms. The highest BCUT2D eigenvalue weighted by atomic mass is 32.1. The van der Waals surface area contributed by atoms with E-state index in [0.717, 1.165) is 0 Å². The number of carboxylic acid groups (broad SMARTS) is 8. The highest BCUT2D eigenvalue weighted by Crippen LogP contribution is 2.19. The van der Waals surface area contributed by atoms with Crippen LogP contribution in [0.4, 0.5) is 0 Å². The van der Waals surface area contributed by atoms with Crippen molar-refractivity contribution in [2.24, 2.45) is 0 Å². The Balaban J connectivity index is 0.883. The summed E-state index contributed by atoms with van der Waals surface area (Å²) in [5.41, 5.74) is 5.36. The van der Waals surface area contributed by atoms with E-state index in [4.69, 9.17) is 56.6 Å². The van der Waals surface area contributed by atoms with Gasteiger partial charge in [0.25, 0.3) is 0 Å². The molecule has 8 heterocycles. The minimum absolute atomic E-state index is 0.153. The lowest BCUT2D eigenvalue weighted by Crippen LogP contribution is -2.50. The minimum atomic E-state index is -1.04. The summed E-state index contributed by atoms with van der Waals surface area (Å²) in [5, 5.41) is 101. The van der Waals surface area contributed by atoms with E-state index in [-0.39, 0.29) is 91.4 Å². The van der Waals surface area contributed by atoms with Gasteiger partial charge in [0.05, 0.1) is 84.8 Å². The Kier molecular flexibility index (Phi) is 42.0. The van der Waals surface area contributed by atoms with E-state index < -0.39 is 59.8 Å². The monoisotopic (exact) mass is 1730 g/mol. The standard InChI is InChI=1S/C79H120N22O16S3/c102-69(103)53-94-35-29-90(30-36-95(54-70(104)105)46-60-10-1-9-59(45-94)86-60)25-5-19-80-77(118)81-20-8-28-93-41-43-100(67(75(114)115)17-23-84-78(119)82-21-6-26-91-31-37-96(55-71(106)107)47-61-11-2-12-62(87-61)48-97(38-32-91)56-72(108)109)51-65-15-4-16-66(89-65)52-101(44-42-93)68(76(116)117)18-24-85-79(120)83-22-7-27-92-33-39-98(57-73(110)111)49-63-13-3-14-64(88-63)50-99(40-34-92)58-74(112)113/h1-4,9-16,67-68H,5-8,17-58H2,(H,102,103)(H,104,105)(H,106,107)(H,108,109)(H,110,111)(H,112,113)(H,114,115)(H,116,117)(H2,80,81,118)(H2,82,84,119)(H2,83,85,120). The summed E-state index contributed by atoms with van der Waals surface area (Å²) in [5.74, 6) is -7.82. The number of hydrogen-bond acceptors (Lipinski definition) is 27. The molecule has 4 aliphatic heterocycles. The van der Waals surface area contributed by atoms with Crippen molar-refractivity contribution in [1.82, 2.24) is 111 Å². The minimum Gasteiger partial charge on any atom is -0.480 e. The molecule has 38 nitrogen and oxygen atoms in total. The van der Waals surface area contributed by atoms with E-state index in [1.807, 2.05) is 112 Å². The van der Waals surface area contributed by atoms with E-state index in [9.17, 15) is 79.2 Å². The van der Waals surface area contributed by atoms with Crippen molar-refractivity contribution in [2.75, 3.05) is 209 Å². The number of pyridine rings is 4. The summed E-state index contributed by atoms with van der Waals surface area (Å²) in [6, 6.07) is 20.1. The number of aliphatic carboxylic acids is 8. The van der Waals surface area contributed by atoms with Crippen LogP contribution in [0.25, 0.3) is 0 Å². The summed E-state index contributed by atoms with van der Waals surface area (Å²) in [6.07, 6.45) is 2.82. The van der Waals surface area contributed by atoms with Gasteiger partial charge in [-0.1, -0.05) is 24.3 Å². The number of carbonyl (C=O) groups is 8. The summed E-state index contributed by atoms with van der Waals surface area (Å²) >= 11 is 17.3. The highest BCUT2D eigenvalue weighted by Gasteiger charge is 2.32. The van der Waals surface area contributed by atoms with Gasteiger partial charge in [0.15, 0.2) is 15.3 Å². The predicted octanol–water partition coefficient (Wildman–Crippen LogP) is -0.808. The van der Waals surface area contributed by atoms with Crippen molar-refractivity contribution in [1.29, 1.82) is 0 Å². The topological polar surface area (TPSA) is 461 Å². The van der Waals surface area contributed by atoms with E-state index in [1.54, 1.807) is 0 Å². The SMILES string of the molecule is O=C(O)CN1CCN(CCCNC(=S)NCCCN2CCN(C(CCNC(=S)NCCCN3CCN(CC(=O)O)Cc4cccc(n4)CN(CC(=O)O)CC3)C(=O)O)Cc3cccc(n3)CN(C(CCNC(=S)NCCCN3CCN(CC(=O)O)Cc4cccc(n4)CN(CC(=O)O)CC3)C(=O)O)CC2)CCN(CC(=O)O)Cc2cccc(n2)C1. The molecule has 0 saturated heterocycles. The first-order valence-corrected chi connectivity index (χ1v) is 42.3. The highest BCUT2D eigenvalue weighted by molar-refractivity contribution is 7.80. The Bertz CT molecular complexity index is 3670. The molecule has 0 aromatic carbocycles. The molecule has 120 heavy (non-hydrogen) atoms. The second-order valence-corrected chi connectivity index (χ2v) is 31.9. The van der Waals surface area contributed by atoms with Crippen LogP contribution in [0.5, 0.6) is 0 Å². The van der Waals surface area contributed by atoms with Crippen LogP contribution in [-0.4, -0.2) is 404 Å². The third kappa shape index (κ3) is 37.9.